The van der Waals surface area contributed by atoms with Gasteiger partial charge >= 0.3 is 6.01 Å². The van der Waals surface area contributed by atoms with Gasteiger partial charge in [0.25, 0.3) is 0 Å². The predicted molar refractivity (Wildman–Crippen MR) is 169 cm³/mol. The van der Waals surface area contributed by atoms with Gasteiger partial charge in [0.15, 0.2) is 0 Å². The first-order valence-electron chi connectivity index (χ1n) is 15.8. The second-order valence-corrected chi connectivity index (χ2v) is 12.4. The zero-order chi connectivity index (χ0) is 30.8. The lowest BCUT2D eigenvalue weighted by atomic mass is 9.90. The molecule has 11 nitrogen and oxygen atoms in total. The molecule has 44 heavy (non-hydrogen) atoms. The van der Waals surface area contributed by atoms with Crippen molar-refractivity contribution in [2.75, 3.05) is 61.5 Å². The molecule has 0 spiro atoms. The summed E-state index contributed by atoms with van der Waals surface area (Å²) in [7, 11) is 2.13. The van der Waals surface area contributed by atoms with Gasteiger partial charge in [-0.1, -0.05) is 12.6 Å². The zero-order valence-electron chi connectivity index (χ0n) is 25.8. The van der Waals surface area contributed by atoms with Crippen LogP contribution in [0, 0.1) is 11.3 Å². The summed E-state index contributed by atoms with van der Waals surface area (Å²) in [5, 5.41) is 12.5. The third-order valence-corrected chi connectivity index (χ3v) is 9.63. The van der Waals surface area contributed by atoms with Crippen molar-refractivity contribution in [1.29, 1.82) is 5.26 Å². The van der Waals surface area contributed by atoms with E-state index in [1.807, 2.05) is 6.07 Å². The number of piperazine rings is 1. The summed E-state index contributed by atoms with van der Waals surface area (Å²) in [4.78, 5) is 43.0. The van der Waals surface area contributed by atoms with Gasteiger partial charge in [-0.15, -0.1) is 0 Å². The Morgan fingerprint density at radius 1 is 1.16 bits per heavy atom. The van der Waals surface area contributed by atoms with Crippen LogP contribution in [0.1, 0.15) is 49.4 Å². The molecule has 2 fully saturated rings. The summed E-state index contributed by atoms with van der Waals surface area (Å²) in [5.74, 6) is 0.648. The van der Waals surface area contributed by atoms with Crippen LogP contribution in [0.4, 0.5) is 17.2 Å². The second-order valence-electron chi connectivity index (χ2n) is 12.4. The molecule has 3 aliphatic heterocycles. The van der Waals surface area contributed by atoms with Gasteiger partial charge in [0.1, 0.15) is 12.4 Å². The number of benzene rings is 1. The number of ether oxygens (including phenoxy) is 1. The molecule has 2 saturated heterocycles. The minimum atomic E-state index is -0.239. The standard InChI is InChI=1S/C33H42N8O3/c1-4-31(43)41-17-16-39(20-26(41)11-13-34)32-28-10-9-25(40-15-12-23-7-8-24(18-30(23)40)35-22(2)42)19-29(28)36-33(37-32)44-21-27-6-5-14-38(27)3/h4,7-8,18,25-27H,1,5-6,9-12,14-17,19-21H2,2-3H3,(H,35,42). The number of hydrogen-bond donors (Lipinski definition) is 1. The van der Waals surface area contributed by atoms with Crippen molar-refractivity contribution in [3.05, 3.63) is 47.7 Å². The highest BCUT2D eigenvalue weighted by Gasteiger charge is 2.36. The lowest BCUT2D eigenvalue weighted by molar-refractivity contribution is -0.128. The summed E-state index contributed by atoms with van der Waals surface area (Å²) >= 11 is 0. The van der Waals surface area contributed by atoms with Crippen molar-refractivity contribution in [3.63, 3.8) is 0 Å². The van der Waals surface area contributed by atoms with E-state index in [4.69, 9.17) is 14.7 Å². The topological polar surface area (TPSA) is 118 Å². The smallest absolute Gasteiger partial charge is 0.318 e. The van der Waals surface area contributed by atoms with E-state index in [-0.39, 0.29) is 30.3 Å². The van der Waals surface area contributed by atoms with Crippen LogP contribution in [0.15, 0.2) is 30.9 Å². The summed E-state index contributed by atoms with van der Waals surface area (Å²) in [5.41, 5.74) is 5.44. The third-order valence-electron chi connectivity index (χ3n) is 9.63. The fourth-order valence-corrected chi connectivity index (χ4v) is 7.31. The van der Waals surface area contributed by atoms with E-state index in [2.05, 4.69) is 51.8 Å². The first-order valence-corrected chi connectivity index (χ1v) is 15.8. The third kappa shape index (κ3) is 6.09. The van der Waals surface area contributed by atoms with Crippen LogP contribution in [-0.4, -0.2) is 96.1 Å². The maximum absolute atomic E-state index is 12.5. The molecule has 2 amide bonds. The molecule has 0 bridgehead atoms. The van der Waals surface area contributed by atoms with Crippen LogP contribution in [-0.2, 0) is 28.9 Å². The van der Waals surface area contributed by atoms with Gasteiger partial charge in [-0.2, -0.15) is 15.2 Å². The normalized spacial score (nSPS) is 23.1. The number of nitrogens with zero attached hydrogens (tertiary/aromatic N) is 7. The number of anilines is 3. The van der Waals surface area contributed by atoms with Crippen molar-refractivity contribution in [1.82, 2.24) is 19.8 Å². The number of nitrogens with one attached hydrogen (secondary N) is 1. The number of likely N-dealkylation sites (tertiary alicyclic amines) is 1. The van der Waals surface area contributed by atoms with Gasteiger partial charge in [0.05, 0.1) is 24.2 Å². The molecule has 0 radical (unpaired) electrons. The highest BCUT2D eigenvalue weighted by molar-refractivity contribution is 5.89. The lowest BCUT2D eigenvalue weighted by Gasteiger charge is -2.42. The molecule has 1 N–H and O–H groups in total. The van der Waals surface area contributed by atoms with Crippen LogP contribution in [0.2, 0.25) is 0 Å². The van der Waals surface area contributed by atoms with Crippen LogP contribution < -0.4 is 19.9 Å². The van der Waals surface area contributed by atoms with Gasteiger partial charge in [0, 0.05) is 68.5 Å². The van der Waals surface area contributed by atoms with Crippen LogP contribution in [0.5, 0.6) is 6.01 Å². The molecular weight excluding hydrogens is 556 g/mol. The highest BCUT2D eigenvalue weighted by atomic mass is 16.5. The Morgan fingerprint density at radius 2 is 2.02 bits per heavy atom. The molecule has 1 aromatic heterocycles. The van der Waals surface area contributed by atoms with Gasteiger partial charge in [0.2, 0.25) is 11.8 Å². The first kappa shape index (κ1) is 29.9. The molecule has 1 aromatic carbocycles. The van der Waals surface area contributed by atoms with Crippen LogP contribution >= 0.6 is 0 Å². The largest absolute Gasteiger partial charge is 0.462 e. The van der Waals surface area contributed by atoms with Crippen molar-refractivity contribution in [2.24, 2.45) is 0 Å². The molecule has 3 atom stereocenters. The van der Waals surface area contributed by atoms with Gasteiger partial charge in [-0.25, -0.2) is 0 Å². The Morgan fingerprint density at radius 3 is 2.77 bits per heavy atom. The Bertz CT molecular complexity index is 1470. The SMILES string of the molecule is C=CC(=O)N1CCN(c2nc(OCC3CCCN3C)nc3c2CCC(N2CCc4ccc(NC(C)=O)cc42)C3)CC1CC#N. The second kappa shape index (κ2) is 12.8. The number of carbonyl (C=O) groups is 2. The van der Waals surface area contributed by atoms with Crippen molar-refractivity contribution < 1.29 is 14.3 Å². The maximum Gasteiger partial charge on any atom is 0.318 e. The predicted octanol–water partition coefficient (Wildman–Crippen LogP) is 2.94. The molecule has 4 aliphatic rings. The maximum atomic E-state index is 12.5. The lowest BCUT2D eigenvalue weighted by Crippen LogP contribution is -2.55. The fraction of sp³-hybridized carbons (Fsp3) is 0.545. The number of aromatic nitrogens is 2. The highest BCUT2D eigenvalue weighted by Crippen LogP contribution is 2.38. The van der Waals surface area contributed by atoms with Gasteiger partial charge in [-0.3, -0.25) is 9.59 Å². The minimum Gasteiger partial charge on any atom is -0.462 e. The fourth-order valence-electron chi connectivity index (χ4n) is 7.31. The zero-order valence-corrected chi connectivity index (χ0v) is 25.8. The molecule has 2 aromatic rings. The molecule has 0 saturated carbocycles. The van der Waals surface area contributed by atoms with E-state index >= 15 is 0 Å². The number of nitriles is 1. The number of carbonyl (C=O) groups excluding carboxylic acids is 2. The van der Waals surface area contributed by atoms with Crippen LogP contribution in [0.3, 0.4) is 0 Å². The Hall–Kier alpha value is -4.17. The number of amides is 2. The van der Waals surface area contributed by atoms with Gasteiger partial charge in [-0.05, 0) is 69.5 Å². The molecule has 6 rings (SSSR count). The van der Waals surface area contributed by atoms with E-state index in [0.717, 1.165) is 74.4 Å². The Balaban J connectivity index is 1.28. The average Bonchev–Trinajstić information content (AvgIpc) is 3.64. The number of hydrogen-bond acceptors (Lipinski definition) is 9. The molecule has 11 heteroatoms. The van der Waals surface area contributed by atoms with Crippen molar-refractivity contribution in [3.8, 4) is 12.1 Å². The van der Waals surface area contributed by atoms with E-state index in [1.165, 1.54) is 24.3 Å². The Labute approximate surface area is 259 Å². The molecule has 1 aliphatic carbocycles. The Kier molecular flexibility index (Phi) is 8.71. The summed E-state index contributed by atoms with van der Waals surface area (Å²) in [6, 6.07) is 9.23. The van der Waals surface area contributed by atoms with Crippen molar-refractivity contribution >= 4 is 29.0 Å². The van der Waals surface area contributed by atoms with E-state index in [1.54, 1.807) is 4.90 Å². The first-order chi connectivity index (χ1) is 21.3. The van der Waals surface area contributed by atoms with E-state index < -0.39 is 0 Å². The summed E-state index contributed by atoms with van der Waals surface area (Å²) < 4.78 is 6.30. The monoisotopic (exact) mass is 598 g/mol. The molecule has 3 unspecified atom stereocenters. The number of rotatable bonds is 8. The number of likely N-dealkylation sites (N-methyl/N-ethyl adjacent to an activating group) is 1. The summed E-state index contributed by atoms with van der Waals surface area (Å²) in [6.07, 6.45) is 7.36. The molecular formula is C33H42N8O3. The molecule has 232 valence electrons. The van der Waals surface area contributed by atoms with Gasteiger partial charge < -0.3 is 29.7 Å². The average molecular weight is 599 g/mol. The number of fused-ring (bicyclic) bond motifs is 2. The van der Waals surface area contributed by atoms with Crippen molar-refractivity contribution in [2.45, 2.75) is 70.0 Å². The van der Waals surface area contributed by atoms with E-state index in [0.29, 0.717) is 38.3 Å². The quantitative estimate of drug-likeness (QED) is 0.458. The van der Waals surface area contributed by atoms with E-state index in [9.17, 15) is 14.9 Å². The molecule has 4 heterocycles. The van der Waals surface area contributed by atoms with Crippen LogP contribution in [0.25, 0.3) is 0 Å². The summed E-state index contributed by atoms with van der Waals surface area (Å²) in [6.45, 7) is 9.38. The minimum absolute atomic E-state index is 0.0756.